The van der Waals surface area contributed by atoms with Gasteiger partial charge in [-0.2, -0.15) is 4.39 Å². The molecule has 3 aromatic rings. The Labute approximate surface area is 217 Å². The van der Waals surface area contributed by atoms with E-state index in [2.05, 4.69) is 0 Å². The summed E-state index contributed by atoms with van der Waals surface area (Å²) in [7, 11) is 0. The number of esters is 1. The number of unbranched alkanes of at least 4 members (excludes halogenated alkanes) is 1. The molecule has 1 atom stereocenters. The van der Waals surface area contributed by atoms with Crippen molar-refractivity contribution in [2.24, 2.45) is 0 Å². The van der Waals surface area contributed by atoms with E-state index in [-0.39, 0.29) is 23.8 Å². The number of rotatable bonds is 8. The Morgan fingerprint density at radius 2 is 1.68 bits per heavy atom. The van der Waals surface area contributed by atoms with Crippen LogP contribution in [0.5, 0.6) is 11.5 Å². The summed E-state index contributed by atoms with van der Waals surface area (Å²) in [5, 5.41) is 0. The van der Waals surface area contributed by atoms with Gasteiger partial charge in [0, 0.05) is 0 Å². The molecule has 3 aromatic carbocycles. The molecule has 0 aromatic heterocycles. The monoisotopic (exact) mass is 530 g/mol. The van der Waals surface area contributed by atoms with Gasteiger partial charge < -0.3 is 9.47 Å². The summed E-state index contributed by atoms with van der Waals surface area (Å²) in [6.07, 6.45) is 4.83. The molecule has 1 aliphatic carbocycles. The molecule has 0 saturated carbocycles. The summed E-state index contributed by atoms with van der Waals surface area (Å²) < 4.78 is 82.1. The average molecular weight is 531 g/mol. The number of carbonyl (C=O) groups excluding carboxylic acids is 1. The topological polar surface area (TPSA) is 35.5 Å². The Hall–Kier alpha value is -3.68. The fourth-order valence-electron chi connectivity index (χ4n) is 4.42. The van der Waals surface area contributed by atoms with Crippen LogP contribution in [-0.4, -0.2) is 12.6 Å². The van der Waals surface area contributed by atoms with Crippen molar-refractivity contribution in [3.63, 3.8) is 0 Å². The third-order valence-corrected chi connectivity index (χ3v) is 6.68. The second-order valence-corrected chi connectivity index (χ2v) is 9.28. The molecule has 0 saturated heterocycles. The van der Waals surface area contributed by atoms with E-state index in [9.17, 15) is 26.7 Å². The van der Waals surface area contributed by atoms with Crippen LogP contribution in [0.1, 0.15) is 72.0 Å². The Balaban J connectivity index is 1.45. The predicted molar refractivity (Wildman–Crippen MR) is 134 cm³/mol. The molecule has 0 amide bonds. The Morgan fingerprint density at radius 1 is 0.921 bits per heavy atom. The average Bonchev–Trinajstić information content (AvgIpc) is 2.91. The van der Waals surface area contributed by atoms with Gasteiger partial charge in [-0.15, -0.1) is 0 Å². The minimum absolute atomic E-state index is 0.197. The minimum atomic E-state index is -1.44. The summed E-state index contributed by atoms with van der Waals surface area (Å²) in [6, 6.07) is 9.28. The van der Waals surface area contributed by atoms with Crippen molar-refractivity contribution in [3.8, 4) is 11.5 Å². The molecule has 1 aliphatic rings. The van der Waals surface area contributed by atoms with E-state index in [0.717, 1.165) is 24.1 Å². The number of ether oxygens (including phenoxy) is 2. The second-order valence-electron chi connectivity index (χ2n) is 9.28. The molecule has 0 heterocycles. The molecule has 0 aliphatic heterocycles. The molecule has 0 N–H and O–H groups in total. The number of halogens is 5. The first kappa shape index (κ1) is 27.4. The maximum absolute atomic E-state index is 14.8. The lowest BCUT2D eigenvalue weighted by molar-refractivity contribution is 0.0721. The zero-order chi connectivity index (χ0) is 27.4. The van der Waals surface area contributed by atoms with Crippen LogP contribution in [0.25, 0.3) is 5.57 Å². The number of aryl methyl sites for hydroxylation is 1. The number of carbonyl (C=O) groups is 1. The van der Waals surface area contributed by atoms with E-state index in [0.29, 0.717) is 36.8 Å². The van der Waals surface area contributed by atoms with Crippen molar-refractivity contribution in [2.75, 3.05) is 6.61 Å². The first-order chi connectivity index (χ1) is 18.2. The molecule has 8 heteroatoms. The quantitative estimate of drug-likeness (QED) is 0.127. The third kappa shape index (κ3) is 5.74. The number of allylic oxidation sites excluding steroid dienone is 2. The minimum Gasteiger partial charge on any atom is -0.490 e. The summed E-state index contributed by atoms with van der Waals surface area (Å²) in [5.41, 5.74) is 1.24. The van der Waals surface area contributed by atoms with Gasteiger partial charge in [0.1, 0.15) is 0 Å². The highest BCUT2D eigenvalue weighted by molar-refractivity contribution is 5.91. The Morgan fingerprint density at radius 3 is 2.37 bits per heavy atom. The maximum Gasteiger partial charge on any atom is 0.346 e. The van der Waals surface area contributed by atoms with E-state index in [1.54, 1.807) is 18.2 Å². The third-order valence-electron chi connectivity index (χ3n) is 6.68. The molecule has 0 fully saturated rings. The van der Waals surface area contributed by atoms with Gasteiger partial charge in [-0.05, 0) is 85.1 Å². The van der Waals surface area contributed by atoms with Crippen molar-refractivity contribution in [3.05, 3.63) is 99.9 Å². The highest BCUT2D eigenvalue weighted by atomic mass is 19.2. The summed E-state index contributed by atoms with van der Waals surface area (Å²) >= 11 is 0. The molecule has 3 nitrogen and oxygen atoms in total. The van der Waals surface area contributed by atoms with Crippen molar-refractivity contribution in [2.45, 2.75) is 51.9 Å². The lowest BCUT2D eigenvalue weighted by atomic mass is 9.82. The van der Waals surface area contributed by atoms with Gasteiger partial charge in [0.25, 0.3) is 0 Å². The number of hydrogen-bond acceptors (Lipinski definition) is 3. The zero-order valence-corrected chi connectivity index (χ0v) is 21.1. The van der Waals surface area contributed by atoms with Crippen LogP contribution in [0.4, 0.5) is 22.0 Å². The van der Waals surface area contributed by atoms with Gasteiger partial charge in [0.2, 0.25) is 5.82 Å². The first-order valence-corrected chi connectivity index (χ1v) is 12.5. The SMILES string of the molecule is CCCCOc1ccc(C(=O)Oc2ccc(C3=CCC(c4ccc(C)c(F)c4F)CC3)cc2F)c(F)c1F. The van der Waals surface area contributed by atoms with Gasteiger partial charge in [-0.3, -0.25) is 0 Å². The number of hydrogen-bond donors (Lipinski definition) is 0. The lowest BCUT2D eigenvalue weighted by Crippen LogP contribution is -2.13. The summed E-state index contributed by atoms with van der Waals surface area (Å²) in [5.74, 6) is -7.49. The van der Waals surface area contributed by atoms with Gasteiger partial charge in [0.15, 0.2) is 34.8 Å². The fourth-order valence-corrected chi connectivity index (χ4v) is 4.42. The van der Waals surface area contributed by atoms with Crippen LogP contribution in [0.3, 0.4) is 0 Å². The first-order valence-electron chi connectivity index (χ1n) is 12.5. The molecular formula is C30H27F5O3. The van der Waals surface area contributed by atoms with Gasteiger partial charge in [-0.25, -0.2) is 22.4 Å². The van der Waals surface area contributed by atoms with Gasteiger partial charge >= 0.3 is 5.97 Å². The van der Waals surface area contributed by atoms with E-state index < -0.39 is 46.4 Å². The summed E-state index contributed by atoms with van der Waals surface area (Å²) in [6.45, 7) is 3.63. The molecule has 0 bridgehead atoms. The standard InChI is InChI=1S/C30H27F5O3/c1-3-4-15-37-25-14-12-22(28(34)29(25)35)30(36)38-24-13-10-20(16-23(24)31)18-6-8-19(9-7-18)21-11-5-17(2)26(32)27(21)33/h5-6,10-14,16,19H,3-4,7-9,15H2,1-2H3. The normalized spacial score (nSPS) is 15.2. The Kier molecular flexibility index (Phi) is 8.49. The maximum atomic E-state index is 14.8. The number of benzene rings is 3. The van der Waals surface area contributed by atoms with Crippen LogP contribution < -0.4 is 9.47 Å². The second kappa shape index (κ2) is 11.8. The highest BCUT2D eigenvalue weighted by Gasteiger charge is 2.24. The van der Waals surface area contributed by atoms with Crippen LogP contribution in [0.2, 0.25) is 0 Å². The highest BCUT2D eigenvalue weighted by Crippen LogP contribution is 2.38. The molecule has 1 unspecified atom stereocenters. The molecule has 38 heavy (non-hydrogen) atoms. The van der Waals surface area contributed by atoms with Crippen molar-refractivity contribution in [1.82, 2.24) is 0 Å². The largest absolute Gasteiger partial charge is 0.490 e. The predicted octanol–water partition coefficient (Wildman–Crippen LogP) is 8.44. The van der Waals surface area contributed by atoms with Gasteiger partial charge in [-0.1, -0.05) is 37.6 Å². The fraction of sp³-hybridized carbons (Fsp3) is 0.300. The van der Waals surface area contributed by atoms with Crippen LogP contribution in [0.15, 0.2) is 48.5 Å². The van der Waals surface area contributed by atoms with Crippen LogP contribution in [-0.2, 0) is 0 Å². The zero-order valence-electron chi connectivity index (χ0n) is 21.1. The van der Waals surface area contributed by atoms with Crippen molar-refractivity contribution < 1.29 is 36.2 Å². The van der Waals surface area contributed by atoms with Crippen molar-refractivity contribution in [1.29, 1.82) is 0 Å². The van der Waals surface area contributed by atoms with Gasteiger partial charge in [0.05, 0.1) is 12.2 Å². The van der Waals surface area contributed by atoms with E-state index in [1.807, 2.05) is 13.0 Å². The Bertz CT molecular complexity index is 1380. The summed E-state index contributed by atoms with van der Waals surface area (Å²) in [4.78, 5) is 12.4. The smallest absolute Gasteiger partial charge is 0.346 e. The van der Waals surface area contributed by atoms with Crippen LogP contribution >= 0.6 is 0 Å². The van der Waals surface area contributed by atoms with Crippen LogP contribution in [0, 0.1) is 36.0 Å². The lowest BCUT2D eigenvalue weighted by Gasteiger charge is -2.23. The van der Waals surface area contributed by atoms with Crippen molar-refractivity contribution >= 4 is 11.5 Å². The molecule has 0 radical (unpaired) electrons. The molecule has 4 rings (SSSR count). The molecule has 200 valence electrons. The molecular weight excluding hydrogens is 503 g/mol. The van der Waals surface area contributed by atoms with E-state index >= 15 is 0 Å². The molecule has 0 spiro atoms. The van der Waals surface area contributed by atoms with E-state index in [1.165, 1.54) is 19.1 Å². The van der Waals surface area contributed by atoms with E-state index in [4.69, 9.17) is 9.47 Å².